The Bertz CT molecular complexity index is 869. The molecule has 0 aliphatic heterocycles. The summed E-state index contributed by atoms with van der Waals surface area (Å²) in [5.74, 6) is 1.27. The molecule has 9 heteroatoms. The molecule has 1 aliphatic rings. The van der Waals surface area contributed by atoms with E-state index < -0.39 is 4.92 Å². The van der Waals surface area contributed by atoms with Gasteiger partial charge in [0.15, 0.2) is 5.11 Å². The topological polar surface area (TPSA) is 97.3 Å². The van der Waals surface area contributed by atoms with Crippen LogP contribution in [0.2, 0.25) is 0 Å². The van der Waals surface area contributed by atoms with Gasteiger partial charge in [0.1, 0.15) is 0 Å². The molecule has 0 saturated heterocycles. The molecule has 3 rings (SSSR count). The molecule has 1 aliphatic carbocycles. The van der Waals surface area contributed by atoms with Gasteiger partial charge >= 0.3 is 0 Å². The van der Waals surface area contributed by atoms with Crippen LogP contribution in [0.5, 0.6) is 0 Å². The van der Waals surface area contributed by atoms with Gasteiger partial charge in [-0.05, 0) is 50.9 Å². The molecule has 2 aromatic rings. The maximum Gasteiger partial charge on any atom is 0.270 e. The minimum absolute atomic E-state index is 0.0157. The van der Waals surface area contributed by atoms with Crippen molar-refractivity contribution in [1.82, 2.24) is 20.4 Å². The molecule has 1 aromatic heterocycles. The van der Waals surface area contributed by atoms with E-state index in [1.807, 2.05) is 4.90 Å². The van der Waals surface area contributed by atoms with Crippen LogP contribution in [0.4, 0.5) is 5.69 Å². The molecule has 29 heavy (non-hydrogen) atoms. The highest BCUT2D eigenvalue weighted by atomic mass is 32.1. The third-order valence-corrected chi connectivity index (χ3v) is 5.73. The van der Waals surface area contributed by atoms with E-state index in [1.54, 1.807) is 12.1 Å². The second kappa shape index (κ2) is 9.30. The first kappa shape index (κ1) is 21.2. The van der Waals surface area contributed by atoms with Gasteiger partial charge in [-0.3, -0.25) is 10.1 Å². The Labute approximate surface area is 175 Å². The van der Waals surface area contributed by atoms with Crippen LogP contribution in [0, 0.1) is 16.0 Å². The van der Waals surface area contributed by atoms with Gasteiger partial charge in [-0.25, -0.2) is 0 Å². The number of rotatable bonds is 6. The van der Waals surface area contributed by atoms with Gasteiger partial charge in [0.05, 0.1) is 11.5 Å². The van der Waals surface area contributed by atoms with Crippen molar-refractivity contribution in [3.63, 3.8) is 0 Å². The van der Waals surface area contributed by atoms with Crippen molar-refractivity contribution < 1.29 is 9.34 Å². The first-order chi connectivity index (χ1) is 13.8. The van der Waals surface area contributed by atoms with E-state index in [0.717, 1.165) is 6.42 Å². The summed E-state index contributed by atoms with van der Waals surface area (Å²) in [5, 5.41) is 23.4. The zero-order chi connectivity index (χ0) is 21.0. The number of non-ortho nitro benzene ring substituents is 1. The number of hydrogen-bond acceptors (Lipinski definition) is 6. The fourth-order valence-electron chi connectivity index (χ4n) is 3.59. The zero-order valence-corrected chi connectivity index (χ0v) is 17.8. The molecular weight excluding hydrogens is 390 g/mol. The van der Waals surface area contributed by atoms with Crippen LogP contribution in [-0.4, -0.2) is 37.2 Å². The van der Waals surface area contributed by atoms with Gasteiger partial charge in [0, 0.05) is 29.8 Å². The number of nitro groups is 1. The second-order valence-electron chi connectivity index (χ2n) is 7.85. The Balaban J connectivity index is 1.70. The molecule has 0 radical (unpaired) electrons. The molecule has 1 heterocycles. The van der Waals surface area contributed by atoms with Crippen molar-refractivity contribution in [1.29, 1.82) is 0 Å². The Hall–Kier alpha value is -2.55. The largest absolute Gasteiger partial charge is 0.419 e. The molecule has 0 amide bonds. The molecule has 2 atom stereocenters. The quantitative estimate of drug-likeness (QED) is 0.422. The summed E-state index contributed by atoms with van der Waals surface area (Å²) >= 11 is 5.68. The third-order valence-electron chi connectivity index (χ3n) is 5.38. The summed E-state index contributed by atoms with van der Waals surface area (Å²) in [4.78, 5) is 12.6. The van der Waals surface area contributed by atoms with E-state index >= 15 is 0 Å². The summed E-state index contributed by atoms with van der Waals surface area (Å²) in [7, 11) is 0. The summed E-state index contributed by atoms with van der Waals surface area (Å²) in [6.07, 6.45) is 4.86. The maximum absolute atomic E-state index is 11.0. The monoisotopic (exact) mass is 417 g/mol. The van der Waals surface area contributed by atoms with Crippen LogP contribution < -0.4 is 5.32 Å². The number of hydrogen-bond donors (Lipinski definition) is 1. The molecular formula is C20H27N5O3S. The first-order valence-corrected chi connectivity index (χ1v) is 10.4. The fourth-order valence-corrected chi connectivity index (χ4v) is 4.02. The predicted molar refractivity (Wildman–Crippen MR) is 114 cm³/mol. The van der Waals surface area contributed by atoms with E-state index in [4.69, 9.17) is 16.6 Å². The fraction of sp³-hybridized carbons (Fsp3) is 0.550. The van der Waals surface area contributed by atoms with Crippen molar-refractivity contribution in [2.45, 2.75) is 65.1 Å². The van der Waals surface area contributed by atoms with Crippen molar-refractivity contribution in [3.8, 4) is 11.5 Å². The Morgan fingerprint density at radius 2 is 2.14 bits per heavy atom. The van der Waals surface area contributed by atoms with Gasteiger partial charge in [-0.2, -0.15) is 0 Å². The average Bonchev–Trinajstić information content (AvgIpc) is 3.16. The number of thiocarbonyl (C=S) groups is 1. The van der Waals surface area contributed by atoms with E-state index in [1.165, 1.54) is 31.4 Å². The van der Waals surface area contributed by atoms with Crippen molar-refractivity contribution in [2.75, 3.05) is 0 Å². The number of aromatic nitrogens is 2. The Kier molecular flexibility index (Phi) is 6.79. The van der Waals surface area contributed by atoms with Crippen LogP contribution >= 0.6 is 12.2 Å². The van der Waals surface area contributed by atoms with Crippen LogP contribution in [0.15, 0.2) is 28.7 Å². The van der Waals surface area contributed by atoms with Crippen LogP contribution in [0.1, 0.15) is 52.3 Å². The van der Waals surface area contributed by atoms with E-state index in [2.05, 4.69) is 36.3 Å². The molecule has 0 bridgehead atoms. The maximum atomic E-state index is 11.0. The summed E-state index contributed by atoms with van der Waals surface area (Å²) in [6, 6.07) is 6.71. The molecule has 8 nitrogen and oxygen atoms in total. The standard InChI is InChI=1S/C20H27N5O3S/c1-13(2)24(20(29)21-17-10-5-4-7-14(17)3)12-18-22-23-19(28-18)15-8-6-9-16(11-15)25(26)27/h6,8-9,11,13-14,17H,4-5,7,10,12H2,1-3H3,(H,21,29)/t14-,17-/m0/s1. The van der Waals surface area contributed by atoms with Gasteiger partial charge in [0.25, 0.3) is 5.69 Å². The lowest BCUT2D eigenvalue weighted by atomic mass is 9.86. The molecule has 0 spiro atoms. The summed E-state index contributed by atoms with van der Waals surface area (Å²) in [6.45, 7) is 6.78. The minimum atomic E-state index is -0.447. The highest BCUT2D eigenvalue weighted by Crippen LogP contribution is 2.25. The molecule has 1 aromatic carbocycles. The van der Waals surface area contributed by atoms with Gasteiger partial charge < -0.3 is 14.6 Å². The summed E-state index contributed by atoms with van der Waals surface area (Å²) < 4.78 is 5.77. The summed E-state index contributed by atoms with van der Waals surface area (Å²) in [5.41, 5.74) is 0.504. The minimum Gasteiger partial charge on any atom is -0.419 e. The Morgan fingerprint density at radius 3 is 2.83 bits per heavy atom. The van der Waals surface area contributed by atoms with Crippen LogP contribution in [0.25, 0.3) is 11.5 Å². The van der Waals surface area contributed by atoms with Crippen molar-refractivity contribution in [2.24, 2.45) is 5.92 Å². The van der Waals surface area contributed by atoms with E-state index in [-0.39, 0.29) is 17.6 Å². The second-order valence-corrected chi connectivity index (χ2v) is 8.23. The number of benzene rings is 1. The van der Waals surface area contributed by atoms with Crippen molar-refractivity contribution >= 4 is 23.0 Å². The zero-order valence-electron chi connectivity index (χ0n) is 17.0. The molecule has 156 valence electrons. The first-order valence-electron chi connectivity index (χ1n) is 9.99. The molecule has 1 N–H and O–H groups in total. The number of nitro benzene ring substituents is 1. The third kappa shape index (κ3) is 5.29. The molecule has 1 fully saturated rings. The average molecular weight is 418 g/mol. The lowest BCUT2D eigenvalue weighted by Gasteiger charge is -2.35. The van der Waals surface area contributed by atoms with Crippen LogP contribution in [0.3, 0.4) is 0 Å². The number of nitrogens with one attached hydrogen (secondary N) is 1. The molecule has 1 saturated carbocycles. The highest BCUT2D eigenvalue weighted by Gasteiger charge is 2.25. The van der Waals surface area contributed by atoms with Gasteiger partial charge in [-0.15, -0.1) is 10.2 Å². The normalized spacial score (nSPS) is 19.2. The van der Waals surface area contributed by atoms with Gasteiger partial charge in [-0.1, -0.05) is 25.8 Å². The lowest BCUT2D eigenvalue weighted by molar-refractivity contribution is -0.384. The highest BCUT2D eigenvalue weighted by molar-refractivity contribution is 7.80. The molecule has 0 unspecified atom stereocenters. The number of nitrogens with zero attached hydrogens (tertiary/aromatic N) is 4. The van der Waals surface area contributed by atoms with Gasteiger partial charge in [0.2, 0.25) is 11.8 Å². The van der Waals surface area contributed by atoms with Crippen molar-refractivity contribution in [3.05, 3.63) is 40.3 Å². The predicted octanol–water partition coefficient (Wildman–Crippen LogP) is 4.31. The van der Waals surface area contributed by atoms with E-state index in [0.29, 0.717) is 35.1 Å². The van der Waals surface area contributed by atoms with E-state index in [9.17, 15) is 10.1 Å². The lowest BCUT2D eigenvalue weighted by Crippen LogP contribution is -2.49. The Morgan fingerprint density at radius 1 is 1.38 bits per heavy atom. The van der Waals surface area contributed by atoms with Crippen LogP contribution in [-0.2, 0) is 6.54 Å². The SMILES string of the molecule is CC(C)N(Cc1nnc(-c2cccc([N+](=O)[O-])c2)o1)C(=S)N[C@H]1CCCC[C@@H]1C. The smallest absolute Gasteiger partial charge is 0.270 e.